The van der Waals surface area contributed by atoms with E-state index < -0.39 is 7.14 Å². The van der Waals surface area contributed by atoms with Gasteiger partial charge in [-0.15, -0.1) is 0 Å². The smallest absolute Gasteiger partial charge is 0.229 e. The summed E-state index contributed by atoms with van der Waals surface area (Å²) in [5.41, 5.74) is 2.78. The van der Waals surface area contributed by atoms with Crippen molar-refractivity contribution in [2.75, 3.05) is 19.0 Å². The van der Waals surface area contributed by atoms with Crippen LogP contribution in [0.1, 0.15) is 36.9 Å². The zero-order valence-electron chi connectivity index (χ0n) is 17.9. The molecule has 0 atom stereocenters. The summed E-state index contributed by atoms with van der Waals surface area (Å²) in [5.74, 6) is 4.86. The molecule has 5 rings (SSSR count). The minimum absolute atomic E-state index is 0.353. The minimum atomic E-state index is -2.78. The van der Waals surface area contributed by atoms with Gasteiger partial charge >= 0.3 is 0 Å². The van der Waals surface area contributed by atoms with Gasteiger partial charge in [0.25, 0.3) is 0 Å². The van der Waals surface area contributed by atoms with E-state index in [1.807, 2.05) is 36.4 Å². The molecule has 32 heavy (non-hydrogen) atoms. The Morgan fingerprint density at radius 3 is 2.75 bits per heavy atom. The monoisotopic (exact) mass is 446 g/mol. The van der Waals surface area contributed by atoms with Gasteiger partial charge in [-0.3, -0.25) is 0 Å². The van der Waals surface area contributed by atoms with Crippen LogP contribution in [-0.2, 0) is 4.57 Å². The molecular weight excluding hydrogens is 423 g/mol. The fourth-order valence-corrected chi connectivity index (χ4v) is 5.64. The van der Waals surface area contributed by atoms with Crippen molar-refractivity contribution in [2.45, 2.75) is 25.7 Å². The molecule has 0 unspecified atom stereocenters. The average molecular weight is 446 g/mol. The van der Waals surface area contributed by atoms with Crippen LogP contribution in [-0.4, -0.2) is 33.5 Å². The molecule has 0 saturated heterocycles. The van der Waals surface area contributed by atoms with Crippen molar-refractivity contribution in [2.24, 2.45) is 0 Å². The average Bonchev–Trinajstić information content (AvgIpc) is 3.58. The van der Waals surface area contributed by atoms with Gasteiger partial charge in [0.05, 0.1) is 29.4 Å². The van der Waals surface area contributed by atoms with E-state index in [2.05, 4.69) is 21.4 Å². The van der Waals surface area contributed by atoms with Crippen molar-refractivity contribution >= 4 is 35.1 Å². The van der Waals surface area contributed by atoms with Crippen LogP contribution < -0.4 is 15.4 Å². The minimum Gasteiger partial charge on any atom is -0.495 e. The second kappa shape index (κ2) is 7.85. The Labute approximate surface area is 186 Å². The normalized spacial score (nSPS) is 16.8. The predicted octanol–water partition coefficient (Wildman–Crippen LogP) is 4.73. The first-order chi connectivity index (χ1) is 15.5. The number of nitrogens with one attached hydrogen (secondary N) is 2. The van der Waals surface area contributed by atoms with Gasteiger partial charge in [0.1, 0.15) is 17.5 Å². The van der Waals surface area contributed by atoms with E-state index in [-0.39, 0.29) is 0 Å². The molecule has 3 aromatic rings. The molecule has 2 N–H and O–H groups in total. The highest BCUT2D eigenvalue weighted by molar-refractivity contribution is 7.77. The van der Waals surface area contributed by atoms with Crippen LogP contribution in [0, 0.1) is 11.3 Å². The lowest BCUT2D eigenvalue weighted by molar-refractivity contribution is 0.417. The van der Waals surface area contributed by atoms with Crippen LogP contribution in [0.5, 0.6) is 5.75 Å². The molecule has 0 spiro atoms. The van der Waals surface area contributed by atoms with Crippen LogP contribution in [0.25, 0.3) is 11.0 Å². The van der Waals surface area contributed by atoms with Gasteiger partial charge in [-0.05, 0) is 49.6 Å². The van der Waals surface area contributed by atoms with Crippen molar-refractivity contribution in [3.05, 3.63) is 59.7 Å². The van der Waals surface area contributed by atoms with Crippen LogP contribution in [0.15, 0.2) is 48.4 Å². The summed E-state index contributed by atoms with van der Waals surface area (Å²) in [7, 11) is -1.20. The van der Waals surface area contributed by atoms with Gasteiger partial charge in [-0.1, -0.05) is 0 Å². The maximum atomic E-state index is 13.4. The summed E-state index contributed by atoms with van der Waals surface area (Å²) in [5, 5.41) is 14.2. The molecule has 3 heterocycles. The Kier molecular flexibility index (Phi) is 4.99. The third-order valence-electron chi connectivity index (χ3n) is 5.80. The van der Waals surface area contributed by atoms with Crippen LogP contribution >= 0.6 is 7.14 Å². The molecule has 1 aromatic carbocycles. The largest absolute Gasteiger partial charge is 0.495 e. The maximum Gasteiger partial charge on any atom is 0.229 e. The summed E-state index contributed by atoms with van der Waals surface area (Å²) < 4.78 is 19.0. The number of rotatable bonds is 6. The molecule has 9 heteroatoms. The lowest BCUT2D eigenvalue weighted by Gasteiger charge is -2.21. The van der Waals surface area contributed by atoms with Crippen LogP contribution in [0.4, 0.5) is 11.6 Å². The van der Waals surface area contributed by atoms with E-state index in [1.54, 1.807) is 31.0 Å². The zero-order valence-corrected chi connectivity index (χ0v) is 18.8. The Balaban J connectivity index is 1.49. The highest BCUT2D eigenvalue weighted by Crippen LogP contribution is 2.50. The first-order valence-electron chi connectivity index (χ1n) is 10.5. The number of nitriles is 1. The van der Waals surface area contributed by atoms with Gasteiger partial charge in [-0.25, -0.2) is 4.98 Å². The number of nitrogens with zero attached hydrogens (tertiary/aromatic N) is 4. The quantitative estimate of drug-likeness (QED) is 0.527. The SMILES string of the molecule is CCN1C=CP(=O)(c2ccc(Nc3nc(C4CC4)c4c(C#N)c[nH]c4n3)c(OC)c2)C=C1. The number of ether oxygens (including phenoxy) is 1. The third-order valence-corrected chi connectivity index (χ3v) is 8.04. The number of anilines is 2. The fraction of sp³-hybridized carbons (Fsp3) is 0.261. The topological polar surface area (TPSA) is 107 Å². The van der Waals surface area contributed by atoms with Gasteiger partial charge in [0, 0.05) is 36.4 Å². The number of fused-ring (bicyclic) bond motifs is 1. The summed E-state index contributed by atoms with van der Waals surface area (Å²) in [4.78, 5) is 14.3. The van der Waals surface area contributed by atoms with Gasteiger partial charge in [-0.2, -0.15) is 10.2 Å². The summed E-state index contributed by atoms with van der Waals surface area (Å²) in [6, 6.07) is 7.68. The van der Waals surface area contributed by atoms with Crippen molar-refractivity contribution in [1.29, 1.82) is 5.26 Å². The number of methoxy groups -OCH3 is 1. The number of aromatic amines is 1. The first-order valence-corrected chi connectivity index (χ1v) is 12.4. The molecule has 162 valence electrons. The molecule has 0 bridgehead atoms. The molecule has 0 radical (unpaired) electrons. The lowest BCUT2D eigenvalue weighted by atomic mass is 10.1. The van der Waals surface area contributed by atoms with Gasteiger partial charge < -0.3 is 24.5 Å². The predicted molar refractivity (Wildman–Crippen MR) is 125 cm³/mol. The summed E-state index contributed by atoms with van der Waals surface area (Å²) >= 11 is 0. The standard InChI is InChI=1S/C23H23N6O2P/c1-3-29-8-10-32(30,11-9-29)17-6-7-18(19(12-17)31-2)26-23-27-21(15-4-5-15)20-16(13-24)14-25-22(20)28-23/h6-12,14-15H,3-5H2,1-2H3,(H2,25,26,27,28). The first kappa shape index (κ1) is 20.3. The molecule has 8 nitrogen and oxygen atoms in total. The molecule has 1 fully saturated rings. The molecule has 1 aliphatic heterocycles. The lowest BCUT2D eigenvalue weighted by Crippen LogP contribution is -2.13. The second-order valence-corrected chi connectivity index (χ2v) is 10.4. The Bertz CT molecular complexity index is 1330. The highest BCUT2D eigenvalue weighted by atomic mass is 31.2. The molecule has 2 aliphatic rings. The van der Waals surface area contributed by atoms with E-state index in [0.29, 0.717) is 39.8 Å². The Hall–Kier alpha value is -3.56. The zero-order chi connectivity index (χ0) is 22.3. The van der Waals surface area contributed by atoms with E-state index in [4.69, 9.17) is 9.72 Å². The molecule has 1 saturated carbocycles. The Morgan fingerprint density at radius 1 is 1.31 bits per heavy atom. The number of aromatic nitrogens is 3. The van der Waals surface area contributed by atoms with Crippen molar-refractivity contribution in [1.82, 2.24) is 19.9 Å². The maximum absolute atomic E-state index is 13.4. The van der Waals surface area contributed by atoms with E-state index >= 15 is 0 Å². The highest BCUT2D eigenvalue weighted by Gasteiger charge is 2.30. The number of hydrogen-bond acceptors (Lipinski definition) is 7. The van der Waals surface area contributed by atoms with Gasteiger partial charge in [0.2, 0.25) is 5.95 Å². The van der Waals surface area contributed by atoms with E-state index in [1.165, 1.54) is 0 Å². The summed E-state index contributed by atoms with van der Waals surface area (Å²) in [6.07, 6.45) is 7.50. The van der Waals surface area contributed by atoms with Crippen molar-refractivity contribution < 1.29 is 9.30 Å². The number of H-pyrrole nitrogens is 1. The van der Waals surface area contributed by atoms with E-state index in [0.717, 1.165) is 30.5 Å². The molecule has 2 aromatic heterocycles. The summed E-state index contributed by atoms with van der Waals surface area (Å²) in [6.45, 7) is 2.86. The van der Waals surface area contributed by atoms with Crippen LogP contribution in [0.2, 0.25) is 0 Å². The molecule has 0 amide bonds. The van der Waals surface area contributed by atoms with Crippen molar-refractivity contribution in [3.8, 4) is 11.8 Å². The number of hydrogen-bond donors (Lipinski definition) is 2. The molecule has 1 aliphatic carbocycles. The second-order valence-electron chi connectivity index (χ2n) is 7.89. The number of benzene rings is 1. The van der Waals surface area contributed by atoms with Gasteiger partial charge in [0.15, 0.2) is 7.14 Å². The molecular formula is C23H23N6O2P. The third kappa shape index (κ3) is 3.55. The Morgan fingerprint density at radius 2 is 2.09 bits per heavy atom. The van der Waals surface area contributed by atoms with Crippen LogP contribution in [0.3, 0.4) is 0 Å². The fourth-order valence-electron chi connectivity index (χ4n) is 3.83. The van der Waals surface area contributed by atoms with Crippen molar-refractivity contribution in [3.63, 3.8) is 0 Å². The van der Waals surface area contributed by atoms with E-state index in [9.17, 15) is 9.83 Å².